The molecule has 1 atom stereocenters. The molecule has 20 heavy (non-hydrogen) atoms. The Bertz CT molecular complexity index is 502. The Kier molecular flexibility index (Phi) is 4.74. The van der Waals surface area contributed by atoms with Gasteiger partial charge in [-0.3, -0.25) is 9.59 Å². The molecule has 108 valence electrons. The lowest BCUT2D eigenvalue weighted by molar-refractivity contribution is -0.141. The Hall–Kier alpha value is -1.88. The third-order valence-corrected chi connectivity index (χ3v) is 3.66. The van der Waals surface area contributed by atoms with Crippen molar-refractivity contribution in [1.29, 1.82) is 0 Å². The average Bonchev–Trinajstić information content (AvgIpc) is 2.46. The van der Waals surface area contributed by atoms with E-state index in [9.17, 15) is 14.7 Å². The van der Waals surface area contributed by atoms with Gasteiger partial charge in [-0.2, -0.15) is 0 Å². The van der Waals surface area contributed by atoms with Gasteiger partial charge >= 0.3 is 5.97 Å². The van der Waals surface area contributed by atoms with Crippen LogP contribution in [-0.4, -0.2) is 42.0 Å². The van der Waals surface area contributed by atoms with Crippen LogP contribution in [0.4, 0.5) is 0 Å². The molecule has 1 aromatic rings. The summed E-state index contributed by atoms with van der Waals surface area (Å²) in [5.74, 6) is -1.46. The number of hydrogen-bond donors (Lipinski definition) is 2. The number of benzene rings is 1. The van der Waals surface area contributed by atoms with Crippen LogP contribution < -0.4 is 5.32 Å². The highest BCUT2D eigenvalue weighted by Gasteiger charge is 2.31. The summed E-state index contributed by atoms with van der Waals surface area (Å²) in [6, 6.07) is 7.47. The van der Waals surface area contributed by atoms with Crippen LogP contribution >= 0.6 is 0 Å². The SMILES string of the molecule is CNCCCC(=O)N1Cc2ccccc2C(C(=O)O)C1. The minimum Gasteiger partial charge on any atom is -0.481 e. The van der Waals surface area contributed by atoms with Gasteiger partial charge in [-0.1, -0.05) is 24.3 Å². The molecular weight excluding hydrogens is 256 g/mol. The Balaban J connectivity index is 2.12. The van der Waals surface area contributed by atoms with E-state index in [1.807, 2.05) is 31.3 Å². The van der Waals surface area contributed by atoms with Gasteiger partial charge in [0.2, 0.25) is 5.91 Å². The van der Waals surface area contributed by atoms with E-state index in [0.29, 0.717) is 13.0 Å². The number of carbonyl (C=O) groups excluding carboxylic acids is 1. The first-order valence-electron chi connectivity index (χ1n) is 6.86. The van der Waals surface area contributed by atoms with Gasteiger partial charge < -0.3 is 15.3 Å². The van der Waals surface area contributed by atoms with Crippen molar-refractivity contribution in [2.75, 3.05) is 20.1 Å². The molecule has 0 aromatic heterocycles. The topological polar surface area (TPSA) is 69.6 Å². The molecular formula is C15H20N2O3. The number of aliphatic carboxylic acids is 1. The fraction of sp³-hybridized carbons (Fsp3) is 0.467. The van der Waals surface area contributed by atoms with Gasteiger partial charge in [-0.25, -0.2) is 0 Å². The van der Waals surface area contributed by atoms with Gasteiger partial charge in [-0.05, 0) is 31.1 Å². The van der Waals surface area contributed by atoms with Gasteiger partial charge in [0.15, 0.2) is 0 Å². The number of amides is 1. The average molecular weight is 276 g/mol. The minimum atomic E-state index is -0.870. The van der Waals surface area contributed by atoms with E-state index in [2.05, 4.69) is 5.32 Å². The van der Waals surface area contributed by atoms with E-state index in [4.69, 9.17) is 0 Å². The first-order chi connectivity index (χ1) is 9.63. The summed E-state index contributed by atoms with van der Waals surface area (Å²) in [4.78, 5) is 25.2. The first-order valence-corrected chi connectivity index (χ1v) is 6.86. The zero-order chi connectivity index (χ0) is 14.5. The molecule has 0 saturated heterocycles. The Morgan fingerprint density at radius 2 is 2.15 bits per heavy atom. The molecule has 1 heterocycles. The fourth-order valence-corrected chi connectivity index (χ4v) is 2.58. The number of carboxylic acids is 1. The molecule has 0 fully saturated rings. The van der Waals surface area contributed by atoms with Gasteiger partial charge in [0, 0.05) is 19.5 Å². The summed E-state index contributed by atoms with van der Waals surface area (Å²) in [6.45, 7) is 1.57. The second-order valence-corrected chi connectivity index (χ2v) is 5.07. The van der Waals surface area contributed by atoms with Crippen molar-refractivity contribution < 1.29 is 14.7 Å². The molecule has 1 aliphatic rings. The molecule has 1 aromatic carbocycles. The van der Waals surface area contributed by atoms with Crippen LogP contribution in [0.1, 0.15) is 29.9 Å². The second-order valence-electron chi connectivity index (χ2n) is 5.07. The number of nitrogens with zero attached hydrogens (tertiary/aromatic N) is 1. The number of hydrogen-bond acceptors (Lipinski definition) is 3. The number of nitrogens with one attached hydrogen (secondary N) is 1. The summed E-state index contributed by atoms with van der Waals surface area (Å²) in [5.41, 5.74) is 1.77. The second kappa shape index (κ2) is 6.52. The van der Waals surface area contributed by atoms with Gasteiger partial charge in [0.25, 0.3) is 0 Å². The van der Waals surface area contributed by atoms with Crippen molar-refractivity contribution in [3.05, 3.63) is 35.4 Å². The summed E-state index contributed by atoms with van der Waals surface area (Å²) in [5, 5.41) is 12.4. The molecule has 2 rings (SSSR count). The van der Waals surface area contributed by atoms with Crippen molar-refractivity contribution in [2.45, 2.75) is 25.3 Å². The molecule has 1 unspecified atom stereocenters. The maximum atomic E-state index is 12.2. The standard InChI is InChI=1S/C15H20N2O3/c1-16-8-4-7-14(18)17-9-11-5-2-3-6-12(11)13(10-17)15(19)20/h2-3,5-6,13,16H,4,7-10H2,1H3,(H,19,20). The van der Waals surface area contributed by atoms with Crippen LogP contribution in [0.25, 0.3) is 0 Å². The van der Waals surface area contributed by atoms with Gasteiger partial charge in [-0.15, -0.1) is 0 Å². The molecule has 0 spiro atoms. The van der Waals surface area contributed by atoms with E-state index in [1.165, 1.54) is 0 Å². The van der Waals surface area contributed by atoms with Gasteiger partial charge in [0.05, 0.1) is 5.92 Å². The van der Waals surface area contributed by atoms with E-state index < -0.39 is 11.9 Å². The molecule has 0 radical (unpaired) electrons. The first kappa shape index (κ1) is 14.5. The van der Waals surface area contributed by atoms with Crippen LogP contribution in [0.15, 0.2) is 24.3 Å². The largest absolute Gasteiger partial charge is 0.481 e. The van der Waals surface area contributed by atoms with Gasteiger partial charge in [0.1, 0.15) is 0 Å². The van der Waals surface area contributed by atoms with Crippen molar-refractivity contribution in [1.82, 2.24) is 10.2 Å². The molecule has 0 bridgehead atoms. The normalized spacial score (nSPS) is 17.6. The fourth-order valence-electron chi connectivity index (χ4n) is 2.58. The van der Waals surface area contributed by atoms with Crippen LogP contribution in [-0.2, 0) is 16.1 Å². The molecule has 1 aliphatic heterocycles. The van der Waals surface area contributed by atoms with E-state index >= 15 is 0 Å². The summed E-state index contributed by atoms with van der Waals surface area (Å²) >= 11 is 0. The molecule has 5 nitrogen and oxygen atoms in total. The summed E-state index contributed by atoms with van der Waals surface area (Å²) in [6.07, 6.45) is 1.22. The molecule has 1 amide bonds. The van der Waals surface area contributed by atoms with Crippen molar-refractivity contribution in [3.63, 3.8) is 0 Å². The summed E-state index contributed by atoms with van der Waals surface area (Å²) < 4.78 is 0. The predicted molar refractivity (Wildman–Crippen MR) is 75.4 cm³/mol. The highest BCUT2D eigenvalue weighted by Crippen LogP contribution is 2.28. The molecule has 2 N–H and O–H groups in total. The molecule has 0 saturated carbocycles. The zero-order valence-corrected chi connectivity index (χ0v) is 11.6. The molecule has 0 aliphatic carbocycles. The predicted octanol–water partition coefficient (Wildman–Crippen LogP) is 1.20. The third-order valence-electron chi connectivity index (χ3n) is 3.66. The smallest absolute Gasteiger partial charge is 0.312 e. The maximum Gasteiger partial charge on any atom is 0.312 e. The Labute approximate surface area is 118 Å². The zero-order valence-electron chi connectivity index (χ0n) is 11.6. The van der Waals surface area contributed by atoms with Crippen LogP contribution in [0.2, 0.25) is 0 Å². The van der Waals surface area contributed by atoms with E-state index in [-0.39, 0.29) is 12.5 Å². The van der Waals surface area contributed by atoms with Crippen molar-refractivity contribution in [2.24, 2.45) is 0 Å². The summed E-state index contributed by atoms with van der Waals surface area (Å²) in [7, 11) is 1.85. The number of carboxylic acid groups (broad SMARTS) is 1. The van der Waals surface area contributed by atoms with E-state index in [1.54, 1.807) is 4.90 Å². The quantitative estimate of drug-likeness (QED) is 0.793. The van der Waals surface area contributed by atoms with Crippen LogP contribution in [0, 0.1) is 0 Å². The maximum absolute atomic E-state index is 12.2. The van der Waals surface area contributed by atoms with E-state index in [0.717, 1.165) is 24.1 Å². The number of rotatable bonds is 5. The lowest BCUT2D eigenvalue weighted by atomic mass is 9.89. The lowest BCUT2D eigenvalue weighted by Gasteiger charge is -2.33. The Morgan fingerprint density at radius 1 is 1.40 bits per heavy atom. The highest BCUT2D eigenvalue weighted by atomic mass is 16.4. The third kappa shape index (κ3) is 3.17. The highest BCUT2D eigenvalue weighted by molar-refractivity contribution is 5.81. The monoisotopic (exact) mass is 276 g/mol. The Morgan fingerprint density at radius 3 is 2.85 bits per heavy atom. The molecule has 5 heteroatoms. The number of carbonyl (C=O) groups is 2. The van der Waals surface area contributed by atoms with Crippen LogP contribution in [0.3, 0.4) is 0 Å². The van der Waals surface area contributed by atoms with Crippen LogP contribution in [0.5, 0.6) is 0 Å². The van der Waals surface area contributed by atoms with Crippen molar-refractivity contribution >= 4 is 11.9 Å². The minimum absolute atomic E-state index is 0.0287. The van der Waals surface area contributed by atoms with Crippen molar-refractivity contribution in [3.8, 4) is 0 Å². The lowest BCUT2D eigenvalue weighted by Crippen LogP contribution is -2.40. The number of fused-ring (bicyclic) bond motifs is 1.